The lowest BCUT2D eigenvalue weighted by Gasteiger charge is -2.21. The predicted octanol–water partition coefficient (Wildman–Crippen LogP) is 2.70. The van der Waals surface area contributed by atoms with E-state index in [1.54, 1.807) is 0 Å². The zero-order valence-corrected chi connectivity index (χ0v) is 11.1. The van der Waals surface area contributed by atoms with Gasteiger partial charge in [0.05, 0.1) is 13.2 Å². The van der Waals surface area contributed by atoms with Crippen molar-refractivity contribution < 1.29 is 14.2 Å². The fourth-order valence-electron chi connectivity index (χ4n) is 1.93. The number of anilines is 1. The van der Waals surface area contributed by atoms with Gasteiger partial charge in [0, 0.05) is 23.4 Å². The Morgan fingerprint density at radius 1 is 1.39 bits per heavy atom. The summed E-state index contributed by atoms with van der Waals surface area (Å²) in [6.07, 6.45) is 1.06. The van der Waals surface area contributed by atoms with Crippen LogP contribution in [-0.4, -0.2) is 13.4 Å². The third-order valence-corrected chi connectivity index (χ3v) is 2.91. The normalized spacial score (nSPS) is 14.4. The molecule has 0 spiro atoms. The fraction of sp³-hybridized carbons (Fsp3) is 0.571. The van der Waals surface area contributed by atoms with Gasteiger partial charge in [-0.1, -0.05) is 13.8 Å². The van der Waals surface area contributed by atoms with Crippen molar-refractivity contribution in [2.45, 2.75) is 33.5 Å². The Kier molecular flexibility index (Phi) is 4.44. The second-order valence-corrected chi connectivity index (χ2v) is 5.01. The van der Waals surface area contributed by atoms with Crippen LogP contribution in [-0.2, 0) is 22.7 Å². The van der Waals surface area contributed by atoms with Crippen LogP contribution in [0.3, 0.4) is 0 Å². The summed E-state index contributed by atoms with van der Waals surface area (Å²) in [7, 11) is 0. The monoisotopic (exact) mass is 251 g/mol. The molecule has 1 aromatic rings. The van der Waals surface area contributed by atoms with Gasteiger partial charge >= 0.3 is 0 Å². The van der Waals surface area contributed by atoms with Crippen molar-refractivity contribution in [3.8, 4) is 5.75 Å². The number of benzene rings is 1. The number of ether oxygens (including phenoxy) is 3. The Hall–Kier alpha value is -1.26. The Balaban J connectivity index is 2.00. The van der Waals surface area contributed by atoms with Gasteiger partial charge in [-0.25, -0.2) is 0 Å². The zero-order valence-electron chi connectivity index (χ0n) is 11.1. The topological polar surface area (TPSA) is 53.7 Å². The molecular weight excluding hydrogens is 230 g/mol. The first kappa shape index (κ1) is 13.2. The maximum Gasteiger partial charge on any atom is 0.189 e. The van der Waals surface area contributed by atoms with Crippen molar-refractivity contribution in [2.24, 2.45) is 5.92 Å². The number of hydrogen-bond acceptors (Lipinski definition) is 4. The minimum Gasteiger partial charge on any atom is -0.467 e. The smallest absolute Gasteiger partial charge is 0.189 e. The summed E-state index contributed by atoms with van der Waals surface area (Å²) in [5, 5.41) is 0. The molecule has 0 amide bonds. The molecule has 0 fully saturated rings. The largest absolute Gasteiger partial charge is 0.467 e. The van der Waals surface area contributed by atoms with E-state index in [0.29, 0.717) is 25.9 Å². The Morgan fingerprint density at radius 2 is 2.22 bits per heavy atom. The minimum atomic E-state index is 0.302. The van der Waals surface area contributed by atoms with E-state index >= 15 is 0 Å². The number of nitrogen functional groups attached to an aromatic ring is 1. The highest BCUT2D eigenvalue weighted by molar-refractivity contribution is 5.53. The van der Waals surface area contributed by atoms with Crippen LogP contribution >= 0.6 is 0 Å². The molecule has 0 unspecified atom stereocenters. The molecule has 0 atom stereocenters. The van der Waals surface area contributed by atoms with E-state index in [0.717, 1.165) is 35.6 Å². The minimum absolute atomic E-state index is 0.302. The van der Waals surface area contributed by atoms with E-state index in [4.69, 9.17) is 19.9 Å². The summed E-state index contributed by atoms with van der Waals surface area (Å²) >= 11 is 0. The van der Waals surface area contributed by atoms with Crippen LogP contribution in [0.25, 0.3) is 0 Å². The van der Waals surface area contributed by atoms with Crippen molar-refractivity contribution in [3.05, 3.63) is 23.3 Å². The van der Waals surface area contributed by atoms with E-state index in [1.165, 1.54) is 0 Å². The van der Waals surface area contributed by atoms with Crippen molar-refractivity contribution in [3.63, 3.8) is 0 Å². The Bertz CT molecular complexity index is 404. The molecular formula is C14H21NO3. The van der Waals surface area contributed by atoms with Crippen LogP contribution in [0.15, 0.2) is 12.1 Å². The highest BCUT2D eigenvalue weighted by atomic mass is 16.7. The lowest BCUT2D eigenvalue weighted by molar-refractivity contribution is -0.0184. The molecule has 1 aliphatic heterocycles. The molecule has 2 N–H and O–H groups in total. The average molecular weight is 251 g/mol. The first-order chi connectivity index (χ1) is 8.66. The summed E-state index contributed by atoms with van der Waals surface area (Å²) in [4.78, 5) is 0. The summed E-state index contributed by atoms with van der Waals surface area (Å²) in [5.74, 6) is 1.53. The SMILES string of the molecule is CC(C)CCOCc1cc(N)cc2c1OCOC2. The van der Waals surface area contributed by atoms with Crippen LogP contribution in [0.1, 0.15) is 31.4 Å². The molecule has 4 heteroatoms. The fourth-order valence-corrected chi connectivity index (χ4v) is 1.93. The standard InChI is InChI=1S/C14H21NO3/c1-10(2)3-4-16-7-11-5-13(15)6-12-8-17-9-18-14(11)12/h5-6,10H,3-4,7-9,15H2,1-2H3. The van der Waals surface area contributed by atoms with Gasteiger partial charge in [0.1, 0.15) is 5.75 Å². The van der Waals surface area contributed by atoms with Gasteiger partial charge in [-0.05, 0) is 24.5 Å². The quantitative estimate of drug-likeness (QED) is 0.645. The van der Waals surface area contributed by atoms with Crippen molar-refractivity contribution in [1.29, 1.82) is 0 Å². The van der Waals surface area contributed by atoms with E-state index in [1.807, 2.05) is 12.1 Å². The van der Waals surface area contributed by atoms with Gasteiger partial charge in [0.2, 0.25) is 0 Å². The van der Waals surface area contributed by atoms with Crippen molar-refractivity contribution >= 4 is 5.69 Å². The Labute approximate surface area is 108 Å². The molecule has 2 rings (SSSR count). The zero-order chi connectivity index (χ0) is 13.0. The average Bonchev–Trinajstić information content (AvgIpc) is 2.34. The third kappa shape index (κ3) is 3.37. The van der Waals surface area contributed by atoms with Gasteiger partial charge in [0.15, 0.2) is 6.79 Å². The summed E-state index contributed by atoms with van der Waals surface area (Å²) in [6, 6.07) is 3.81. The molecule has 1 aliphatic rings. The van der Waals surface area contributed by atoms with Crippen LogP contribution < -0.4 is 10.5 Å². The molecule has 0 aliphatic carbocycles. The van der Waals surface area contributed by atoms with Crippen LogP contribution in [0.2, 0.25) is 0 Å². The van der Waals surface area contributed by atoms with E-state index in [9.17, 15) is 0 Å². The molecule has 1 aromatic carbocycles. The first-order valence-electron chi connectivity index (χ1n) is 6.36. The van der Waals surface area contributed by atoms with Gasteiger partial charge in [-0.3, -0.25) is 0 Å². The van der Waals surface area contributed by atoms with Gasteiger partial charge < -0.3 is 19.9 Å². The van der Waals surface area contributed by atoms with Crippen LogP contribution in [0.4, 0.5) is 5.69 Å². The highest BCUT2D eigenvalue weighted by Crippen LogP contribution is 2.31. The maximum atomic E-state index is 5.87. The Morgan fingerprint density at radius 3 is 3.00 bits per heavy atom. The first-order valence-corrected chi connectivity index (χ1v) is 6.36. The highest BCUT2D eigenvalue weighted by Gasteiger charge is 2.16. The maximum absolute atomic E-state index is 5.87. The van der Waals surface area contributed by atoms with Crippen molar-refractivity contribution in [1.82, 2.24) is 0 Å². The molecule has 0 aromatic heterocycles. The van der Waals surface area contributed by atoms with Gasteiger partial charge in [0.25, 0.3) is 0 Å². The summed E-state index contributed by atoms with van der Waals surface area (Å²) in [5.41, 5.74) is 8.61. The van der Waals surface area contributed by atoms with Gasteiger partial charge in [-0.15, -0.1) is 0 Å². The lowest BCUT2D eigenvalue weighted by Crippen LogP contribution is -2.14. The molecule has 1 heterocycles. The second kappa shape index (κ2) is 6.07. The van der Waals surface area contributed by atoms with E-state index in [-0.39, 0.29) is 0 Å². The van der Waals surface area contributed by atoms with Crippen LogP contribution in [0.5, 0.6) is 5.75 Å². The number of nitrogens with two attached hydrogens (primary N) is 1. The molecule has 100 valence electrons. The molecule has 4 nitrogen and oxygen atoms in total. The second-order valence-electron chi connectivity index (χ2n) is 5.01. The summed E-state index contributed by atoms with van der Waals surface area (Å²) in [6.45, 7) is 6.53. The third-order valence-electron chi connectivity index (χ3n) is 2.91. The number of rotatable bonds is 5. The van der Waals surface area contributed by atoms with Crippen LogP contribution in [0, 0.1) is 5.92 Å². The van der Waals surface area contributed by atoms with E-state index < -0.39 is 0 Å². The molecule has 0 bridgehead atoms. The number of hydrogen-bond donors (Lipinski definition) is 1. The summed E-state index contributed by atoms with van der Waals surface area (Å²) < 4.78 is 16.4. The molecule has 0 radical (unpaired) electrons. The molecule has 0 saturated heterocycles. The van der Waals surface area contributed by atoms with E-state index in [2.05, 4.69) is 13.8 Å². The molecule has 18 heavy (non-hydrogen) atoms. The van der Waals surface area contributed by atoms with Crippen molar-refractivity contribution in [2.75, 3.05) is 19.1 Å². The van der Waals surface area contributed by atoms with Gasteiger partial charge in [-0.2, -0.15) is 0 Å². The lowest BCUT2D eigenvalue weighted by atomic mass is 10.1. The predicted molar refractivity (Wildman–Crippen MR) is 70.2 cm³/mol. The number of fused-ring (bicyclic) bond motifs is 1. The molecule has 0 saturated carbocycles.